The number of carbonyl (C=O) groups is 1. The highest BCUT2D eigenvalue weighted by atomic mass is 32.2. The minimum Gasteiger partial charge on any atom is -0.314 e. The highest BCUT2D eigenvalue weighted by Gasteiger charge is 2.18. The van der Waals surface area contributed by atoms with Gasteiger partial charge in [-0.3, -0.25) is 4.79 Å². The molecule has 0 spiro atoms. The lowest BCUT2D eigenvalue weighted by atomic mass is 10.2. The molecule has 1 aromatic rings. The number of nitrogens with one attached hydrogen (secondary N) is 2. The predicted octanol–water partition coefficient (Wildman–Crippen LogP) is 0.880. The van der Waals surface area contributed by atoms with E-state index in [1.54, 1.807) is 18.2 Å². The second-order valence-corrected chi connectivity index (χ2v) is 5.69. The largest absolute Gasteiger partial charge is 0.314 e. The predicted molar refractivity (Wildman–Crippen MR) is 69.5 cm³/mol. The summed E-state index contributed by atoms with van der Waals surface area (Å²) in [5.41, 5.74) is 0. The van der Waals surface area contributed by atoms with E-state index in [1.807, 2.05) is 13.8 Å². The second-order valence-electron chi connectivity index (χ2n) is 4.00. The Labute approximate surface area is 108 Å². The number of hydrogen-bond donors (Lipinski definition) is 2. The average Bonchev–Trinajstić information content (AvgIpc) is 2.29. The third-order valence-electron chi connectivity index (χ3n) is 2.35. The number of amides is 1. The van der Waals surface area contributed by atoms with Gasteiger partial charge in [0.15, 0.2) is 0 Å². The average molecular weight is 270 g/mol. The Hall–Kier alpha value is -1.40. The first-order chi connectivity index (χ1) is 8.45. The second kappa shape index (κ2) is 6.51. The van der Waals surface area contributed by atoms with Crippen molar-refractivity contribution in [3.8, 4) is 0 Å². The normalized spacial score (nSPS) is 13.0. The fourth-order valence-corrected chi connectivity index (χ4v) is 2.57. The standard InChI is InChI=1S/C12H18N2O3S/c1-3-13-10(2)9-12(15)14-18(16,17)11-7-5-4-6-8-11/h4-8,10,13H,3,9H2,1-2H3,(H,14,15). The van der Waals surface area contributed by atoms with Gasteiger partial charge in [-0.05, 0) is 25.6 Å². The molecule has 0 bridgehead atoms. The van der Waals surface area contributed by atoms with Gasteiger partial charge < -0.3 is 5.32 Å². The lowest BCUT2D eigenvalue weighted by Gasteiger charge is -2.12. The molecule has 6 heteroatoms. The van der Waals surface area contributed by atoms with Gasteiger partial charge in [-0.1, -0.05) is 25.1 Å². The van der Waals surface area contributed by atoms with Crippen molar-refractivity contribution in [2.45, 2.75) is 31.2 Å². The molecule has 0 heterocycles. The van der Waals surface area contributed by atoms with Crippen LogP contribution in [-0.2, 0) is 14.8 Å². The Kier molecular flexibility index (Phi) is 5.30. The molecule has 0 aliphatic heterocycles. The van der Waals surface area contributed by atoms with E-state index in [0.717, 1.165) is 6.54 Å². The Morgan fingerprint density at radius 3 is 2.44 bits per heavy atom. The molecule has 1 rings (SSSR count). The van der Waals surface area contributed by atoms with Gasteiger partial charge in [0.1, 0.15) is 0 Å². The fourth-order valence-electron chi connectivity index (χ4n) is 1.55. The highest BCUT2D eigenvalue weighted by Crippen LogP contribution is 2.07. The van der Waals surface area contributed by atoms with Crippen LogP contribution in [0, 0.1) is 0 Å². The first-order valence-electron chi connectivity index (χ1n) is 5.79. The summed E-state index contributed by atoms with van der Waals surface area (Å²) >= 11 is 0. The molecule has 0 aliphatic carbocycles. The van der Waals surface area contributed by atoms with Gasteiger partial charge in [-0.15, -0.1) is 0 Å². The summed E-state index contributed by atoms with van der Waals surface area (Å²) in [6.45, 7) is 4.49. The SMILES string of the molecule is CCNC(C)CC(=O)NS(=O)(=O)c1ccccc1. The molecule has 0 aliphatic rings. The zero-order chi connectivity index (χ0) is 13.6. The number of rotatable bonds is 6. The molecule has 0 saturated heterocycles. The van der Waals surface area contributed by atoms with Crippen molar-refractivity contribution in [1.82, 2.24) is 10.0 Å². The zero-order valence-corrected chi connectivity index (χ0v) is 11.3. The summed E-state index contributed by atoms with van der Waals surface area (Å²) in [6, 6.07) is 7.78. The van der Waals surface area contributed by atoms with Crippen LogP contribution >= 0.6 is 0 Å². The van der Waals surface area contributed by atoms with Gasteiger partial charge in [0.25, 0.3) is 10.0 Å². The Morgan fingerprint density at radius 1 is 1.28 bits per heavy atom. The van der Waals surface area contributed by atoms with Crippen LogP contribution in [-0.4, -0.2) is 26.9 Å². The minimum absolute atomic E-state index is 0.0547. The quantitative estimate of drug-likeness (QED) is 0.804. The zero-order valence-electron chi connectivity index (χ0n) is 10.5. The van der Waals surface area contributed by atoms with Crippen molar-refractivity contribution in [2.75, 3.05) is 6.54 Å². The van der Waals surface area contributed by atoms with E-state index in [1.165, 1.54) is 12.1 Å². The van der Waals surface area contributed by atoms with Gasteiger partial charge in [-0.2, -0.15) is 0 Å². The first-order valence-corrected chi connectivity index (χ1v) is 7.28. The molecule has 2 N–H and O–H groups in total. The smallest absolute Gasteiger partial charge is 0.264 e. The van der Waals surface area contributed by atoms with Crippen LogP contribution in [0.15, 0.2) is 35.2 Å². The van der Waals surface area contributed by atoms with Crippen molar-refractivity contribution < 1.29 is 13.2 Å². The summed E-state index contributed by atoms with van der Waals surface area (Å²) in [7, 11) is -3.75. The van der Waals surface area contributed by atoms with Crippen LogP contribution < -0.4 is 10.0 Å². The van der Waals surface area contributed by atoms with E-state index in [-0.39, 0.29) is 17.4 Å². The van der Waals surface area contributed by atoms with Crippen LogP contribution in [0.2, 0.25) is 0 Å². The molecule has 1 atom stereocenters. The number of carbonyl (C=O) groups excluding carboxylic acids is 1. The van der Waals surface area contributed by atoms with E-state index in [4.69, 9.17) is 0 Å². The van der Waals surface area contributed by atoms with Crippen molar-refractivity contribution in [2.24, 2.45) is 0 Å². The van der Waals surface area contributed by atoms with Gasteiger partial charge in [0, 0.05) is 12.5 Å². The van der Waals surface area contributed by atoms with Crippen molar-refractivity contribution in [3.63, 3.8) is 0 Å². The highest BCUT2D eigenvalue weighted by molar-refractivity contribution is 7.90. The maximum atomic E-state index is 11.8. The third kappa shape index (κ3) is 4.46. The van der Waals surface area contributed by atoms with Crippen LogP contribution in [0.25, 0.3) is 0 Å². The van der Waals surface area contributed by atoms with Crippen molar-refractivity contribution in [1.29, 1.82) is 0 Å². The van der Waals surface area contributed by atoms with Crippen LogP contribution in [0.5, 0.6) is 0 Å². The number of benzene rings is 1. The van der Waals surface area contributed by atoms with Gasteiger partial charge in [-0.25, -0.2) is 13.1 Å². The summed E-state index contributed by atoms with van der Waals surface area (Å²) < 4.78 is 25.7. The molecule has 0 saturated carbocycles. The molecule has 0 aromatic heterocycles. The maximum Gasteiger partial charge on any atom is 0.264 e. The van der Waals surface area contributed by atoms with E-state index < -0.39 is 15.9 Å². The number of hydrogen-bond acceptors (Lipinski definition) is 4. The topological polar surface area (TPSA) is 75.3 Å². The van der Waals surface area contributed by atoms with Gasteiger partial charge in [0.05, 0.1) is 4.90 Å². The molecule has 1 amide bonds. The molecule has 0 radical (unpaired) electrons. The molecule has 100 valence electrons. The Balaban J connectivity index is 2.64. The first kappa shape index (κ1) is 14.7. The third-order valence-corrected chi connectivity index (χ3v) is 3.74. The van der Waals surface area contributed by atoms with E-state index >= 15 is 0 Å². The molecule has 5 nitrogen and oxygen atoms in total. The van der Waals surface area contributed by atoms with E-state index in [9.17, 15) is 13.2 Å². The summed E-state index contributed by atoms with van der Waals surface area (Å²) in [5.74, 6) is -0.507. The van der Waals surface area contributed by atoms with Gasteiger partial charge in [0.2, 0.25) is 5.91 Å². The molecular formula is C12H18N2O3S. The summed E-state index contributed by atoms with van der Waals surface area (Å²) in [5, 5.41) is 3.05. The number of sulfonamides is 1. The van der Waals surface area contributed by atoms with Crippen molar-refractivity contribution >= 4 is 15.9 Å². The minimum atomic E-state index is -3.75. The molecule has 1 unspecified atom stereocenters. The van der Waals surface area contributed by atoms with Gasteiger partial charge >= 0.3 is 0 Å². The lowest BCUT2D eigenvalue weighted by molar-refractivity contribution is -0.119. The van der Waals surface area contributed by atoms with E-state index in [2.05, 4.69) is 10.0 Å². The van der Waals surface area contributed by atoms with Crippen LogP contribution in [0.4, 0.5) is 0 Å². The summed E-state index contributed by atoms with van der Waals surface area (Å²) in [4.78, 5) is 11.7. The van der Waals surface area contributed by atoms with Crippen molar-refractivity contribution in [3.05, 3.63) is 30.3 Å². The fraction of sp³-hybridized carbons (Fsp3) is 0.417. The van der Waals surface area contributed by atoms with E-state index in [0.29, 0.717) is 0 Å². The van der Waals surface area contributed by atoms with Crippen LogP contribution in [0.1, 0.15) is 20.3 Å². The molecule has 0 fully saturated rings. The monoisotopic (exact) mass is 270 g/mol. The molecule has 1 aromatic carbocycles. The Bertz CT molecular complexity index is 485. The van der Waals surface area contributed by atoms with Crippen LogP contribution in [0.3, 0.4) is 0 Å². The lowest BCUT2D eigenvalue weighted by Crippen LogP contribution is -2.36. The molecular weight excluding hydrogens is 252 g/mol. The maximum absolute atomic E-state index is 11.8. The Morgan fingerprint density at radius 2 is 1.89 bits per heavy atom. The molecule has 18 heavy (non-hydrogen) atoms. The summed E-state index contributed by atoms with van der Waals surface area (Å²) in [6.07, 6.45) is 0.125.